The number of aryl methyl sites for hydroxylation is 1. The smallest absolute Gasteiger partial charge is 0.255 e. The van der Waals surface area contributed by atoms with Gasteiger partial charge in [0.05, 0.1) is 5.52 Å². The number of benzene rings is 2. The van der Waals surface area contributed by atoms with Gasteiger partial charge in [-0.15, -0.1) is 0 Å². The van der Waals surface area contributed by atoms with Crippen molar-refractivity contribution in [2.24, 2.45) is 0 Å². The highest BCUT2D eigenvalue weighted by Gasteiger charge is 2.13. The molecule has 1 heterocycles. The van der Waals surface area contributed by atoms with Crippen LogP contribution in [0.4, 0.5) is 5.69 Å². The van der Waals surface area contributed by atoms with E-state index in [-0.39, 0.29) is 17.4 Å². The van der Waals surface area contributed by atoms with E-state index in [0.717, 1.165) is 16.5 Å². The second kappa shape index (κ2) is 7.34. The number of anilines is 1. The molecule has 0 saturated heterocycles. The van der Waals surface area contributed by atoms with Gasteiger partial charge in [-0.1, -0.05) is 25.4 Å². The number of pyridine rings is 1. The van der Waals surface area contributed by atoms with E-state index in [9.17, 15) is 9.59 Å². The van der Waals surface area contributed by atoms with Gasteiger partial charge in [0.2, 0.25) is 0 Å². The molecule has 0 aliphatic rings. The zero-order valence-electron chi connectivity index (χ0n) is 15.0. The van der Waals surface area contributed by atoms with Crippen LogP contribution in [0.3, 0.4) is 0 Å². The lowest BCUT2D eigenvalue weighted by atomic mass is 9.98. The van der Waals surface area contributed by atoms with Crippen LogP contribution < -0.4 is 10.9 Å². The summed E-state index contributed by atoms with van der Waals surface area (Å²) in [4.78, 5) is 24.8. The summed E-state index contributed by atoms with van der Waals surface area (Å²) in [7, 11) is 0. The second-order valence-electron chi connectivity index (χ2n) is 6.53. The van der Waals surface area contributed by atoms with Gasteiger partial charge in [0.25, 0.3) is 11.5 Å². The van der Waals surface area contributed by atoms with Crippen molar-refractivity contribution in [1.29, 1.82) is 0 Å². The molecule has 2 aromatic carbocycles. The molecule has 0 spiro atoms. The summed E-state index contributed by atoms with van der Waals surface area (Å²) in [5, 5.41) is 4.49. The summed E-state index contributed by atoms with van der Waals surface area (Å²) in [6.45, 7) is 6.67. The van der Waals surface area contributed by atoms with E-state index in [1.54, 1.807) is 34.9 Å². The van der Waals surface area contributed by atoms with E-state index in [2.05, 4.69) is 19.2 Å². The zero-order valence-corrected chi connectivity index (χ0v) is 15.8. The Bertz CT molecular complexity index is 1020. The van der Waals surface area contributed by atoms with Crippen molar-refractivity contribution in [2.75, 3.05) is 5.32 Å². The van der Waals surface area contributed by atoms with E-state index in [1.807, 2.05) is 25.1 Å². The summed E-state index contributed by atoms with van der Waals surface area (Å²) in [5.74, 6) is 0.00912. The summed E-state index contributed by atoms with van der Waals surface area (Å²) in [6, 6.07) is 14.1. The second-order valence-corrected chi connectivity index (χ2v) is 6.97. The van der Waals surface area contributed by atoms with Crippen LogP contribution in [0, 0.1) is 0 Å². The molecule has 0 aliphatic carbocycles. The molecule has 0 saturated carbocycles. The van der Waals surface area contributed by atoms with Gasteiger partial charge >= 0.3 is 0 Å². The number of amides is 1. The average molecular weight is 369 g/mol. The van der Waals surface area contributed by atoms with Crippen LogP contribution in [0.25, 0.3) is 10.9 Å². The quantitative estimate of drug-likeness (QED) is 0.700. The molecule has 0 atom stereocenters. The molecule has 3 aromatic rings. The lowest BCUT2D eigenvalue weighted by Crippen LogP contribution is -2.20. The van der Waals surface area contributed by atoms with E-state index in [4.69, 9.17) is 11.6 Å². The number of fused-ring (bicyclic) bond motifs is 1. The number of hydrogen-bond donors (Lipinski definition) is 1. The predicted octanol–water partition coefficient (Wildman–Crippen LogP) is 5.05. The third-order valence-corrected chi connectivity index (χ3v) is 4.70. The fourth-order valence-corrected chi connectivity index (χ4v) is 3.22. The Morgan fingerprint density at radius 3 is 2.42 bits per heavy atom. The number of nitrogens with one attached hydrogen (secondary N) is 1. The molecule has 1 aromatic heterocycles. The third kappa shape index (κ3) is 3.51. The van der Waals surface area contributed by atoms with Crippen LogP contribution in [0.15, 0.2) is 53.3 Å². The van der Waals surface area contributed by atoms with Gasteiger partial charge in [-0.25, -0.2) is 0 Å². The normalized spacial score (nSPS) is 11.1. The number of rotatable bonds is 4. The third-order valence-electron chi connectivity index (χ3n) is 4.45. The number of nitrogens with zero attached hydrogens (tertiary/aromatic N) is 1. The van der Waals surface area contributed by atoms with Crippen LogP contribution in [0.1, 0.15) is 42.6 Å². The molecule has 0 bridgehead atoms. The van der Waals surface area contributed by atoms with Gasteiger partial charge in [-0.3, -0.25) is 9.59 Å². The van der Waals surface area contributed by atoms with Gasteiger partial charge in [0, 0.05) is 34.3 Å². The molecule has 5 heteroatoms. The summed E-state index contributed by atoms with van der Waals surface area (Å²) in [5.41, 5.74) is 3.10. The highest BCUT2D eigenvalue weighted by molar-refractivity contribution is 6.30. The average Bonchev–Trinajstić information content (AvgIpc) is 2.61. The number of carbonyl (C=O) groups is 1. The van der Waals surface area contributed by atoms with Crippen LogP contribution in [-0.4, -0.2) is 10.5 Å². The van der Waals surface area contributed by atoms with Crippen molar-refractivity contribution in [3.8, 4) is 0 Å². The van der Waals surface area contributed by atoms with Gasteiger partial charge < -0.3 is 9.88 Å². The monoisotopic (exact) mass is 368 g/mol. The van der Waals surface area contributed by atoms with E-state index >= 15 is 0 Å². The van der Waals surface area contributed by atoms with Crippen molar-refractivity contribution in [3.63, 3.8) is 0 Å². The Balaban J connectivity index is 2.04. The minimum Gasteiger partial charge on any atom is -0.322 e. The van der Waals surface area contributed by atoms with Crippen LogP contribution >= 0.6 is 11.6 Å². The minimum atomic E-state index is -0.198. The van der Waals surface area contributed by atoms with Gasteiger partial charge in [0.15, 0.2) is 0 Å². The molecule has 0 unspecified atom stereocenters. The van der Waals surface area contributed by atoms with Crippen molar-refractivity contribution in [2.45, 2.75) is 33.2 Å². The molecule has 26 heavy (non-hydrogen) atoms. The molecule has 4 nitrogen and oxygen atoms in total. The lowest BCUT2D eigenvalue weighted by Gasteiger charge is -2.16. The summed E-state index contributed by atoms with van der Waals surface area (Å²) >= 11 is 5.87. The highest BCUT2D eigenvalue weighted by Crippen LogP contribution is 2.27. The Labute approximate surface area is 157 Å². The Morgan fingerprint density at radius 1 is 1.12 bits per heavy atom. The van der Waals surface area contributed by atoms with Gasteiger partial charge in [0.1, 0.15) is 0 Å². The maximum atomic E-state index is 12.4. The predicted molar refractivity (Wildman–Crippen MR) is 107 cm³/mol. The maximum Gasteiger partial charge on any atom is 0.255 e. The first-order valence-corrected chi connectivity index (χ1v) is 9.03. The standard InChI is InChI=1S/C21H21ClN2O2/c1-4-24-19-10-9-16(11-18(19)17(13(2)3)12-20(24)25)23-21(26)14-5-7-15(22)8-6-14/h5-13H,4H2,1-3H3,(H,23,26). The summed E-state index contributed by atoms with van der Waals surface area (Å²) in [6.07, 6.45) is 0. The first kappa shape index (κ1) is 18.2. The fraction of sp³-hybridized carbons (Fsp3) is 0.238. The minimum absolute atomic E-state index is 0.00153. The van der Waals surface area contributed by atoms with E-state index in [0.29, 0.717) is 22.8 Å². The fourth-order valence-electron chi connectivity index (χ4n) is 3.10. The number of hydrogen-bond acceptors (Lipinski definition) is 2. The number of halogens is 1. The maximum absolute atomic E-state index is 12.4. The molecule has 0 fully saturated rings. The van der Waals surface area contributed by atoms with E-state index in [1.165, 1.54) is 0 Å². The molecule has 1 amide bonds. The van der Waals surface area contributed by atoms with Crippen molar-refractivity contribution in [1.82, 2.24) is 4.57 Å². The highest BCUT2D eigenvalue weighted by atomic mass is 35.5. The molecule has 0 radical (unpaired) electrons. The topological polar surface area (TPSA) is 51.1 Å². The van der Waals surface area contributed by atoms with Gasteiger partial charge in [-0.05, 0) is 60.9 Å². The van der Waals surface area contributed by atoms with Crippen LogP contribution in [0.2, 0.25) is 5.02 Å². The lowest BCUT2D eigenvalue weighted by molar-refractivity contribution is 0.102. The van der Waals surface area contributed by atoms with Crippen molar-refractivity contribution in [3.05, 3.63) is 75.0 Å². The van der Waals surface area contributed by atoms with Crippen molar-refractivity contribution >= 4 is 34.1 Å². The number of carbonyl (C=O) groups excluding carboxylic acids is 1. The zero-order chi connectivity index (χ0) is 18.8. The first-order valence-electron chi connectivity index (χ1n) is 8.65. The Kier molecular flexibility index (Phi) is 5.14. The van der Waals surface area contributed by atoms with Crippen LogP contribution in [-0.2, 0) is 6.54 Å². The Morgan fingerprint density at radius 2 is 1.81 bits per heavy atom. The van der Waals surface area contributed by atoms with Gasteiger partial charge in [-0.2, -0.15) is 0 Å². The molecule has 0 aliphatic heterocycles. The first-order chi connectivity index (χ1) is 12.4. The largest absolute Gasteiger partial charge is 0.322 e. The summed E-state index contributed by atoms with van der Waals surface area (Å²) < 4.78 is 1.74. The molecule has 1 N–H and O–H groups in total. The molecule has 134 valence electrons. The van der Waals surface area contributed by atoms with E-state index < -0.39 is 0 Å². The van der Waals surface area contributed by atoms with Crippen molar-refractivity contribution < 1.29 is 4.79 Å². The number of aromatic nitrogens is 1. The Hall–Kier alpha value is -2.59. The molecular weight excluding hydrogens is 348 g/mol. The van der Waals surface area contributed by atoms with Crippen LogP contribution in [0.5, 0.6) is 0 Å². The molecular formula is C21H21ClN2O2. The molecule has 3 rings (SSSR count). The SMILES string of the molecule is CCn1c(=O)cc(C(C)C)c2cc(NC(=O)c3ccc(Cl)cc3)ccc21.